The van der Waals surface area contributed by atoms with E-state index >= 15 is 0 Å². The van der Waals surface area contributed by atoms with Crippen molar-refractivity contribution in [3.63, 3.8) is 0 Å². The lowest BCUT2D eigenvalue weighted by Gasteiger charge is -2.25. The van der Waals surface area contributed by atoms with Crippen LogP contribution in [0.3, 0.4) is 0 Å². The van der Waals surface area contributed by atoms with Crippen LogP contribution in [0.2, 0.25) is 0 Å². The number of likely N-dealkylation sites (N-methyl/N-ethyl adjacent to an activating group) is 1. The zero-order valence-electron chi connectivity index (χ0n) is 18.3. The summed E-state index contributed by atoms with van der Waals surface area (Å²) in [6, 6.07) is 24.2. The van der Waals surface area contributed by atoms with Gasteiger partial charge in [0, 0.05) is 13.6 Å². The van der Waals surface area contributed by atoms with Gasteiger partial charge in [-0.05, 0) is 48.7 Å². The summed E-state index contributed by atoms with van der Waals surface area (Å²) in [5.41, 5.74) is 1.84. The molecule has 0 heterocycles. The summed E-state index contributed by atoms with van der Waals surface area (Å²) in [5.74, 6) is 0.290. The molecule has 0 saturated heterocycles. The van der Waals surface area contributed by atoms with Crippen molar-refractivity contribution < 1.29 is 17.9 Å². The number of carbonyl (C=O) groups excluding carboxylic acids is 1. The van der Waals surface area contributed by atoms with E-state index < -0.39 is 16.1 Å². The first-order chi connectivity index (χ1) is 15.4. The molecule has 3 rings (SSSR count). The second-order valence-corrected chi connectivity index (χ2v) is 9.16. The van der Waals surface area contributed by atoms with Gasteiger partial charge in [-0.2, -0.15) is 4.72 Å². The normalized spacial score (nSPS) is 12.2. The van der Waals surface area contributed by atoms with Gasteiger partial charge in [0.1, 0.15) is 11.8 Å². The minimum absolute atomic E-state index is 0.0810. The van der Waals surface area contributed by atoms with Crippen LogP contribution in [0.1, 0.15) is 18.1 Å². The summed E-state index contributed by atoms with van der Waals surface area (Å²) < 4.78 is 34.1. The third kappa shape index (κ3) is 6.42. The molecule has 1 atom stereocenters. The molecular formula is C25H28N2O4S. The number of sulfonamides is 1. The van der Waals surface area contributed by atoms with Gasteiger partial charge in [-0.15, -0.1) is 0 Å². The lowest BCUT2D eigenvalue weighted by molar-refractivity contribution is -0.132. The Bertz CT molecular complexity index is 1100. The summed E-state index contributed by atoms with van der Waals surface area (Å²) in [6.45, 7) is 2.74. The quantitative estimate of drug-likeness (QED) is 0.510. The number of nitrogens with one attached hydrogen (secondary N) is 1. The first-order valence-corrected chi connectivity index (χ1v) is 12.0. The molecule has 168 valence electrons. The third-order valence-electron chi connectivity index (χ3n) is 4.96. The maximum atomic E-state index is 13.3. The number of ether oxygens (including phenoxy) is 1. The molecule has 7 heteroatoms. The van der Waals surface area contributed by atoms with Crippen molar-refractivity contribution >= 4 is 15.9 Å². The Hall–Kier alpha value is -3.16. The summed E-state index contributed by atoms with van der Waals surface area (Å²) >= 11 is 0. The van der Waals surface area contributed by atoms with Crippen LogP contribution in [0.25, 0.3) is 0 Å². The topological polar surface area (TPSA) is 75.7 Å². The van der Waals surface area contributed by atoms with E-state index in [1.807, 2.05) is 67.6 Å². The molecule has 0 aromatic heterocycles. The van der Waals surface area contributed by atoms with Crippen molar-refractivity contribution in [3.05, 3.63) is 96.1 Å². The van der Waals surface area contributed by atoms with E-state index in [1.165, 1.54) is 12.1 Å². The lowest BCUT2D eigenvalue weighted by atomic mass is 10.1. The minimum atomic E-state index is -3.92. The predicted octanol–water partition coefficient (Wildman–Crippen LogP) is 3.63. The molecule has 0 aliphatic carbocycles. The molecule has 0 unspecified atom stereocenters. The Kier molecular flexibility index (Phi) is 8.03. The van der Waals surface area contributed by atoms with E-state index in [1.54, 1.807) is 24.1 Å². The monoisotopic (exact) mass is 452 g/mol. The van der Waals surface area contributed by atoms with Crippen molar-refractivity contribution in [1.29, 1.82) is 0 Å². The molecule has 0 aliphatic rings. The van der Waals surface area contributed by atoms with Crippen molar-refractivity contribution in [2.45, 2.75) is 30.8 Å². The third-order valence-corrected chi connectivity index (χ3v) is 6.45. The molecule has 0 bridgehead atoms. The van der Waals surface area contributed by atoms with Crippen LogP contribution in [0.15, 0.2) is 89.8 Å². The fourth-order valence-corrected chi connectivity index (χ4v) is 4.56. The Balaban J connectivity index is 1.82. The molecule has 0 radical (unpaired) electrons. The predicted molar refractivity (Wildman–Crippen MR) is 125 cm³/mol. The van der Waals surface area contributed by atoms with Gasteiger partial charge < -0.3 is 9.64 Å². The maximum Gasteiger partial charge on any atom is 0.241 e. The number of nitrogens with zero attached hydrogens (tertiary/aromatic N) is 1. The Labute approximate surface area is 189 Å². The fraction of sp³-hybridized carbons (Fsp3) is 0.240. The largest absolute Gasteiger partial charge is 0.494 e. The van der Waals surface area contributed by atoms with Crippen LogP contribution < -0.4 is 9.46 Å². The number of rotatable bonds is 10. The number of hydrogen-bond acceptors (Lipinski definition) is 4. The first kappa shape index (κ1) is 23.5. The molecule has 3 aromatic carbocycles. The average molecular weight is 453 g/mol. The van der Waals surface area contributed by atoms with Gasteiger partial charge in [-0.3, -0.25) is 4.79 Å². The van der Waals surface area contributed by atoms with E-state index in [-0.39, 0.29) is 17.2 Å². The van der Waals surface area contributed by atoms with Gasteiger partial charge in [0.05, 0.1) is 11.5 Å². The van der Waals surface area contributed by atoms with E-state index in [2.05, 4.69) is 4.72 Å². The highest BCUT2D eigenvalue weighted by molar-refractivity contribution is 7.89. The molecule has 0 spiro atoms. The summed E-state index contributed by atoms with van der Waals surface area (Å²) in [7, 11) is -2.24. The van der Waals surface area contributed by atoms with Gasteiger partial charge in [0.15, 0.2) is 0 Å². The molecule has 6 nitrogen and oxygen atoms in total. The van der Waals surface area contributed by atoms with E-state index in [4.69, 9.17) is 4.74 Å². The molecular weight excluding hydrogens is 424 g/mol. The summed E-state index contributed by atoms with van der Waals surface area (Å²) in [5, 5.41) is 0. The Morgan fingerprint density at radius 2 is 1.47 bits per heavy atom. The highest BCUT2D eigenvalue weighted by Gasteiger charge is 2.28. The zero-order chi connectivity index (χ0) is 23.0. The van der Waals surface area contributed by atoms with Crippen molar-refractivity contribution in [1.82, 2.24) is 9.62 Å². The van der Waals surface area contributed by atoms with Crippen molar-refractivity contribution in [2.24, 2.45) is 0 Å². The van der Waals surface area contributed by atoms with Crippen LogP contribution in [0, 0.1) is 0 Å². The molecule has 0 fully saturated rings. The highest BCUT2D eigenvalue weighted by atomic mass is 32.2. The Morgan fingerprint density at radius 1 is 0.906 bits per heavy atom. The summed E-state index contributed by atoms with van der Waals surface area (Å²) in [6.07, 6.45) is 0.245. The molecule has 1 amide bonds. The molecule has 1 N–H and O–H groups in total. The minimum Gasteiger partial charge on any atom is -0.494 e. The van der Waals surface area contributed by atoms with Crippen molar-refractivity contribution in [3.8, 4) is 5.75 Å². The molecule has 0 aliphatic heterocycles. The number of carbonyl (C=O) groups is 1. The zero-order valence-corrected chi connectivity index (χ0v) is 19.1. The van der Waals surface area contributed by atoms with Gasteiger partial charge in [-0.25, -0.2) is 8.42 Å². The fourth-order valence-electron chi connectivity index (χ4n) is 3.37. The number of hydrogen-bond donors (Lipinski definition) is 1. The molecule has 3 aromatic rings. The lowest BCUT2D eigenvalue weighted by Crippen LogP contribution is -2.48. The first-order valence-electron chi connectivity index (χ1n) is 10.5. The van der Waals surface area contributed by atoms with Crippen LogP contribution in [0.5, 0.6) is 5.75 Å². The van der Waals surface area contributed by atoms with Gasteiger partial charge in [0.2, 0.25) is 15.9 Å². The second kappa shape index (κ2) is 10.9. The number of benzene rings is 3. The van der Waals surface area contributed by atoms with Gasteiger partial charge in [-0.1, -0.05) is 60.7 Å². The van der Waals surface area contributed by atoms with Crippen LogP contribution in [0.4, 0.5) is 0 Å². The van der Waals surface area contributed by atoms with Crippen LogP contribution in [-0.2, 0) is 27.8 Å². The summed E-state index contributed by atoms with van der Waals surface area (Å²) in [4.78, 5) is 14.9. The Morgan fingerprint density at radius 3 is 2.03 bits per heavy atom. The standard InChI is InChI=1S/C25H28N2O4S/c1-3-31-22-14-16-23(17-15-22)32(29,30)26-24(18-20-10-6-4-7-11-20)25(28)27(2)19-21-12-8-5-9-13-21/h4-17,24,26H,3,18-19H2,1-2H3/t24-/m1/s1. The van der Waals surface area contributed by atoms with E-state index in [9.17, 15) is 13.2 Å². The van der Waals surface area contributed by atoms with E-state index in [0.29, 0.717) is 18.9 Å². The number of amides is 1. The second-order valence-electron chi connectivity index (χ2n) is 7.45. The average Bonchev–Trinajstić information content (AvgIpc) is 2.80. The SMILES string of the molecule is CCOc1ccc(S(=O)(=O)N[C@H](Cc2ccccc2)C(=O)N(C)Cc2ccccc2)cc1. The van der Waals surface area contributed by atoms with Gasteiger partial charge in [0.25, 0.3) is 0 Å². The van der Waals surface area contributed by atoms with Crippen molar-refractivity contribution in [2.75, 3.05) is 13.7 Å². The molecule has 0 saturated carbocycles. The smallest absolute Gasteiger partial charge is 0.241 e. The molecule has 32 heavy (non-hydrogen) atoms. The van der Waals surface area contributed by atoms with Gasteiger partial charge >= 0.3 is 0 Å². The van der Waals surface area contributed by atoms with Crippen LogP contribution in [-0.4, -0.2) is 38.9 Å². The highest BCUT2D eigenvalue weighted by Crippen LogP contribution is 2.17. The van der Waals surface area contributed by atoms with E-state index in [0.717, 1.165) is 11.1 Å². The maximum absolute atomic E-state index is 13.3. The van der Waals surface area contributed by atoms with Crippen LogP contribution >= 0.6 is 0 Å².